The standard InChI is InChI=1S/C20H16ClN5OS/c1-13-17(18(21)26(24-13)15-7-3-2-4-8-15)19(27)23-14-6-5-9-16(12-14)25-11-10-22-20(25)28/h2-12H,1H3,(H,22,28)(H,23,27). The lowest BCUT2D eigenvalue weighted by molar-refractivity contribution is 0.102. The Morgan fingerprint density at radius 2 is 1.89 bits per heavy atom. The number of aromatic amines is 1. The topological polar surface area (TPSA) is 67.6 Å². The number of amides is 1. The number of imidazole rings is 1. The van der Waals surface area contributed by atoms with Crippen molar-refractivity contribution in [2.75, 3.05) is 5.32 Å². The molecule has 0 spiro atoms. The van der Waals surface area contributed by atoms with E-state index in [4.69, 9.17) is 23.8 Å². The SMILES string of the molecule is Cc1nn(-c2ccccc2)c(Cl)c1C(=O)Nc1cccc(-n2cc[nH]c2=S)c1. The van der Waals surface area contributed by atoms with Crippen LogP contribution in [0.2, 0.25) is 5.15 Å². The molecule has 0 fully saturated rings. The number of carbonyl (C=O) groups is 1. The summed E-state index contributed by atoms with van der Waals surface area (Å²) in [5.41, 5.74) is 3.16. The molecule has 2 aromatic carbocycles. The molecule has 4 rings (SSSR count). The quantitative estimate of drug-likeness (QED) is 0.469. The summed E-state index contributed by atoms with van der Waals surface area (Å²) in [4.78, 5) is 15.8. The van der Waals surface area contributed by atoms with Crippen LogP contribution < -0.4 is 5.32 Å². The van der Waals surface area contributed by atoms with Gasteiger partial charge in [-0.25, -0.2) is 4.68 Å². The average molecular weight is 410 g/mol. The molecular weight excluding hydrogens is 394 g/mol. The zero-order chi connectivity index (χ0) is 19.7. The Morgan fingerprint density at radius 1 is 1.14 bits per heavy atom. The fraction of sp³-hybridized carbons (Fsp3) is 0.0500. The molecule has 0 aliphatic heterocycles. The highest BCUT2D eigenvalue weighted by Gasteiger charge is 2.21. The van der Waals surface area contributed by atoms with Gasteiger partial charge >= 0.3 is 0 Å². The van der Waals surface area contributed by atoms with Crippen LogP contribution in [-0.2, 0) is 0 Å². The largest absolute Gasteiger partial charge is 0.337 e. The molecule has 0 saturated heterocycles. The molecule has 8 heteroatoms. The number of hydrogen-bond acceptors (Lipinski definition) is 3. The van der Waals surface area contributed by atoms with Crippen molar-refractivity contribution in [2.24, 2.45) is 0 Å². The third kappa shape index (κ3) is 3.37. The van der Waals surface area contributed by atoms with Crippen molar-refractivity contribution in [1.29, 1.82) is 0 Å². The molecule has 0 bridgehead atoms. The summed E-state index contributed by atoms with van der Waals surface area (Å²) in [6.45, 7) is 1.76. The Kier molecular flexibility index (Phi) is 4.85. The highest BCUT2D eigenvalue weighted by atomic mass is 35.5. The van der Waals surface area contributed by atoms with Crippen LogP contribution in [0.25, 0.3) is 11.4 Å². The van der Waals surface area contributed by atoms with Gasteiger partial charge in [0.1, 0.15) is 10.7 Å². The molecule has 4 aromatic rings. The number of nitrogens with one attached hydrogen (secondary N) is 2. The normalized spacial score (nSPS) is 10.8. The summed E-state index contributed by atoms with van der Waals surface area (Å²) in [6.07, 6.45) is 3.59. The Labute approximate surface area is 171 Å². The Hall–Kier alpha value is -3.16. The molecule has 0 radical (unpaired) electrons. The molecular formula is C20H16ClN5OS. The van der Waals surface area contributed by atoms with E-state index < -0.39 is 0 Å². The minimum Gasteiger partial charge on any atom is -0.337 e. The Bertz CT molecular complexity index is 1210. The van der Waals surface area contributed by atoms with Crippen LogP contribution in [0.5, 0.6) is 0 Å². The maximum absolute atomic E-state index is 12.9. The zero-order valence-electron chi connectivity index (χ0n) is 14.9. The van der Waals surface area contributed by atoms with Crippen molar-refractivity contribution in [3.8, 4) is 11.4 Å². The lowest BCUT2D eigenvalue weighted by Crippen LogP contribution is -2.13. The number of anilines is 1. The van der Waals surface area contributed by atoms with Crippen molar-refractivity contribution in [3.05, 3.63) is 88.2 Å². The third-order valence-corrected chi connectivity index (χ3v) is 4.93. The van der Waals surface area contributed by atoms with E-state index in [2.05, 4.69) is 15.4 Å². The van der Waals surface area contributed by atoms with E-state index in [0.717, 1.165) is 11.4 Å². The van der Waals surface area contributed by atoms with Gasteiger partial charge in [-0.15, -0.1) is 0 Å². The van der Waals surface area contributed by atoms with Crippen molar-refractivity contribution < 1.29 is 4.79 Å². The minimum absolute atomic E-state index is 0.269. The fourth-order valence-corrected chi connectivity index (χ4v) is 3.54. The lowest BCUT2D eigenvalue weighted by atomic mass is 10.2. The summed E-state index contributed by atoms with van der Waals surface area (Å²) >= 11 is 11.7. The molecule has 28 heavy (non-hydrogen) atoms. The molecule has 6 nitrogen and oxygen atoms in total. The molecule has 0 atom stereocenters. The first kappa shape index (κ1) is 18.2. The highest BCUT2D eigenvalue weighted by molar-refractivity contribution is 7.71. The van der Waals surface area contributed by atoms with Crippen molar-refractivity contribution >= 4 is 35.4 Å². The van der Waals surface area contributed by atoms with Gasteiger partial charge in [0.05, 0.1) is 11.4 Å². The van der Waals surface area contributed by atoms with E-state index in [0.29, 0.717) is 21.7 Å². The number of H-pyrrole nitrogens is 1. The molecule has 1 amide bonds. The second kappa shape index (κ2) is 7.46. The first-order valence-corrected chi connectivity index (χ1v) is 9.31. The highest BCUT2D eigenvalue weighted by Crippen LogP contribution is 2.25. The summed E-state index contributed by atoms with van der Waals surface area (Å²) in [5, 5.41) is 7.58. The van der Waals surface area contributed by atoms with Crippen molar-refractivity contribution in [2.45, 2.75) is 6.92 Å². The monoisotopic (exact) mass is 409 g/mol. The van der Waals surface area contributed by atoms with Crippen LogP contribution >= 0.6 is 23.8 Å². The van der Waals surface area contributed by atoms with Gasteiger partial charge in [0.25, 0.3) is 5.91 Å². The number of para-hydroxylation sites is 1. The summed E-state index contributed by atoms with van der Waals surface area (Å²) < 4.78 is 3.95. The number of benzene rings is 2. The van der Waals surface area contributed by atoms with E-state index in [-0.39, 0.29) is 11.1 Å². The summed E-state index contributed by atoms with van der Waals surface area (Å²) in [5.74, 6) is -0.320. The van der Waals surface area contributed by atoms with Gasteiger partial charge < -0.3 is 10.3 Å². The van der Waals surface area contributed by atoms with E-state index in [9.17, 15) is 4.79 Å². The van der Waals surface area contributed by atoms with Crippen molar-refractivity contribution in [3.63, 3.8) is 0 Å². The average Bonchev–Trinajstić information content (AvgIpc) is 3.25. The van der Waals surface area contributed by atoms with E-state index in [1.54, 1.807) is 17.8 Å². The molecule has 2 aromatic heterocycles. The molecule has 0 aliphatic rings. The number of aryl methyl sites for hydroxylation is 1. The van der Waals surface area contributed by atoms with E-state index >= 15 is 0 Å². The molecule has 0 saturated carbocycles. The fourth-order valence-electron chi connectivity index (χ4n) is 2.95. The molecule has 0 aliphatic carbocycles. The summed E-state index contributed by atoms with van der Waals surface area (Å²) in [7, 11) is 0. The van der Waals surface area contributed by atoms with Crippen molar-refractivity contribution in [1.82, 2.24) is 19.3 Å². The summed E-state index contributed by atoms with van der Waals surface area (Å²) in [6, 6.07) is 16.8. The van der Waals surface area contributed by atoms with Gasteiger partial charge in [-0.05, 0) is 49.5 Å². The lowest BCUT2D eigenvalue weighted by Gasteiger charge is -2.08. The van der Waals surface area contributed by atoms with Gasteiger partial charge in [0.2, 0.25) is 0 Å². The maximum Gasteiger partial charge on any atom is 0.260 e. The maximum atomic E-state index is 12.9. The van der Waals surface area contributed by atoms with Gasteiger partial charge in [-0.1, -0.05) is 35.9 Å². The number of rotatable bonds is 4. The van der Waals surface area contributed by atoms with Crippen LogP contribution in [0.4, 0.5) is 5.69 Å². The molecule has 0 unspecified atom stereocenters. The third-order valence-electron chi connectivity index (χ3n) is 4.26. The van der Waals surface area contributed by atoms with E-state index in [1.165, 1.54) is 0 Å². The van der Waals surface area contributed by atoms with E-state index in [1.807, 2.05) is 65.4 Å². The van der Waals surface area contributed by atoms with Crippen LogP contribution in [0.15, 0.2) is 67.0 Å². The predicted molar refractivity (Wildman–Crippen MR) is 112 cm³/mol. The van der Waals surface area contributed by atoms with Gasteiger partial charge in [-0.3, -0.25) is 9.36 Å². The van der Waals surface area contributed by atoms with Gasteiger partial charge in [-0.2, -0.15) is 5.10 Å². The molecule has 2 N–H and O–H groups in total. The zero-order valence-corrected chi connectivity index (χ0v) is 16.5. The predicted octanol–water partition coefficient (Wildman–Crippen LogP) is 4.93. The molecule has 2 heterocycles. The Morgan fingerprint density at radius 3 is 2.61 bits per heavy atom. The van der Waals surface area contributed by atoms with Gasteiger partial charge in [0.15, 0.2) is 4.77 Å². The second-order valence-corrected chi connectivity index (χ2v) is 6.88. The van der Waals surface area contributed by atoms with Gasteiger partial charge in [0, 0.05) is 23.8 Å². The van der Waals surface area contributed by atoms with Crippen LogP contribution in [0, 0.1) is 11.7 Å². The smallest absolute Gasteiger partial charge is 0.260 e. The number of carbonyl (C=O) groups excluding carboxylic acids is 1. The minimum atomic E-state index is -0.320. The Balaban J connectivity index is 1.64. The number of aromatic nitrogens is 4. The van der Waals surface area contributed by atoms with Crippen LogP contribution in [-0.4, -0.2) is 25.2 Å². The van der Waals surface area contributed by atoms with Crippen LogP contribution in [0.3, 0.4) is 0 Å². The number of halogens is 1. The number of nitrogens with zero attached hydrogens (tertiary/aromatic N) is 3. The van der Waals surface area contributed by atoms with Crippen LogP contribution in [0.1, 0.15) is 16.1 Å². The second-order valence-electron chi connectivity index (χ2n) is 6.14. The first-order valence-electron chi connectivity index (χ1n) is 8.53. The molecule has 140 valence electrons. The number of hydrogen-bond donors (Lipinski definition) is 2. The first-order chi connectivity index (χ1) is 13.5.